The second kappa shape index (κ2) is 5.54. The van der Waals surface area contributed by atoms with Crippen molar-refractivity contribution < 1.29 is 0 Å². The van der Waals surface area contributed by atoms with Gasteiger partial charge in [0.05, 0.1) is 17.9 Å². The van der Waals surface area contributed by atoms with Crippen LogP contribution in [-0.2, 0) is 13.0 Å². The van der Waals surface area contributed by atoms with Crippen LogP contribution in [0.2, 0.25) is 0 Å². The van der Waals surface area contributed by atoms with Crippen LogP contribution in [0.3, 0.4) is 0 Å². The Morgan fingerprint density at radius 1 is 1.47 bits per heavy atom. The first kappa shape index (κ1) is 11.7. The monoisotopic (exact) mass is 231 g/mol. The summed E-state index contributed by atoms with van der Waals surface area (Å²) < 4.78 is 1.83. The first-order valence-electron chi connectivity index (χ1n) is 5.84. The molecule has 0 aromatic carbocycles. The average Bonchev–Trinajstić information content (AvgIpc) is 2.85. The third-order valence-electron chi connectivity index (χ3n) is 2.73. The van der Waals surface area contributed by atoms with Gasteiger partial charge in [-0.3, -0.25) is 9.67 Å². The lowest BCUT2D eigenvalue weighted by Gasteiger charge is -2.02. The third-order valence-corrected chi connectivity index (χ3v) is 2.73. The summed E-state index contributed by atoms with van der Waals surface area (Å²) in [5, 5.41) is 8.14. The maximum atomic E-state index is 5.89. The van der Waals surface area contributed by atoms with Crippen LogP contribution in [-0.4, -0.2) is 20.0 Å². The van der Waals surface area contributed by atoms with Crippen molar-refractivity contribution in [3.63, 3.8) is 0 Å². The van der Waals surface area contributed by atoms with Crippen molar-refractivity contribution in [3.8, 4) is 0 Å². The van der Waals surface area contributed by atoms with E-state index in [0.29, 0.717) is 0 Å². The second-order valence-electron chi connectivity index (χ2n) is 4.03. The van der Waals surface area contributed by atoms with E-state index in [-0.39, 0.29) is 6.04 Å². The molecule has 5 heteroatoms. The summed E-state index contributed by atoms with van der Waals surface area (Å²) in [6, 6.07) is 3.99. The Morgan fingerprint density at radius 2 is 2.35 bits per heavy atom. The SMILES string of the molecule is CCC(N)c1cn(CCc2cccnc2)nn1. The zero-order chi connectivity index (χ0) is 12.1. The van der Waals surface area contributed by atoms with E-state index < -0.39 is 0 Å². The maximum absolute atomic E-state index is 5.89. The zero-order valence-corrected chi connectivity index (χ0v) is 9.95. The Labute approximate surface area is 101 Å². The molecule has 2 N–H and O–H groups in total. The number of hydrogen-bond acceptors (Lipinski definition) is 4. The Balaban J connectivity index is 1.94. The molecule has 0 aliphatic heterocycles. The van der Waals surface area contributed by atoms with Crippen LogP contribution in [0.5, 0.6) is 0 Å². The molecular weight excluding hydrogens is 214 g/mol. The molecule has 0 spiro atoms. The molecule has 0 radical (unpaired) electrons. The lowest BCUT2D eigenvalue weighted by Crippen LogP contribution is -2.08. The number of aromatic nitrogens is 4. The summed E-state index contributed by atoms with van der Waals surface area (Å²) in [4.78, 5) is 4.08. The van der Waals surface area contributed by atoms with E-state index in [0.717, 1.165) is 25.1 Å². The molecule has 0 bridgehead atoms. The van der Waals surface area contributed by atoms with E-state index in [4.69, 9.17) is 5.73 Å². The fourth-order valence-electron chi connectivity index (χ4n) is 1.59. The van der Waals surface area contributed by atoms with Gasteiger partial charge in [-0.05, 0) is 24.5 Å². The molecule has 2 aromatic heterocycles. The van der Waals surface area contributed by atoms with E-state index in [2.05, 4.69) is 21.4 Å². The molecule has 5 nitrogen and oxygen atoms in total. The van der Waals surface area contributed by atoms with Gasteiger partial charge >= 0.3 is 0 Å². The minimum absolute atomic E-state index is 0.0119. The normalized spacial score (nSPS) is 12.6. The summed E-state index contributed by atoms with van der Waals surface area (Å²) in [6.45, 7) is 2.84. The third kappa shape index (κ3) is 3.10. The van der Waals surface area contributed by atoms with Gasteiger partial charge in [0.1, 0.15) is 0 Å². The molecule has 0 saturated heterocycles. The highest BCUT2D eigenvalue weighted by atomic mass is 15.4. The zero-order valence-electron chi connectivity index (χ0n) is 9.95. The van der Waals surface area contributed by atoms with Crippen molar-refractivity contribution in [3.05, 3.63) is 42.0 Å². The van der Waals surface area contributed by atoms with Crippen molar-refractivity contribution in [1.82, 2.24) is 20.0 Å². The minimum atomic E-state index is -0.0119. The minimum Gasteiger partial charge on any atom is -0.323 e. The first-order valence-corrected chi connectivity index (χ1v) is 5.84. The highest BCUT2D eigenvalue weighted by Crippen LogP contribution is 2.09. The summed E-state index contributed by atoms with van der Waals surface area (Å²) in [5.41, 5.74) is 7.95. The van der Waals surface area contributed by atoms with Gasteiger partial charge in [0, 0.05) is 18.9 Å². The molecule has 0 amide bonds. The van der Waals surface area contributed by atoms with E-state index >= 15 is 0 Å². The Morgan fingerprint density at radius 3 is 3.06 bits per heavy atom. The molecule has 2 aromatic rings. The first-order chi connectivity index (χ1) is 8.29. The predicted octanol–water partition coefficient (Wildman–Crippen LogP) is 1.33. The van der Waals surface area contributed by atoms with Gasteiger partial charge in [0.25, 0.3) is 0 Å². The van der Waals surface area contributed by atoms with Crippen LogP contribution in [0, 0.1) is 0 Å². The molecule has 1 atom stereocenters. The Kier molecular flexibility index (Phi) is 3.82. The Bertz CT molecular complexity index is 451. The number of hydrogen-bond donors (Lipinski definition) is 1. The largest absolute Gasteiger partial charge is 0.323 e. The van der Waals surface area contributed by atoms with Crippen LogP contribution in [0.25, 0.3) is 0 Å². The quantitative estimate of drug-likeness (QED) is 0.842. The van der Waals surface area contributed by atoms with Crippen molar-refractivity contribution in [2.24, 2.45) is 5.73 Å². The molecule has 2 heterocycles. The fourth-order valence-corrected chi connectivity index (χ4v) is 1.59. The van der Waals surface area contributed by atoms with Gasteiger partial charge < -0.3 is 5.73 Å². The van der Waals surface area contributed by atoms with Gasteiger partial charge in [-0.25, -0.2) is 0 Å². The van der Waals surface area contributed by atoms with Crippen LogP contribution in [0.4, 0.5) is 0 Å². The lowest BCUT2D eigenvalue weighted by molar-refractivity contribution is 0.588. The van der Waals surface area contributed by atoms with Crippen molar-refractivity contribution in [1.29, 1.82) is 0 Å². The number of aryl methyl sites for hydroxylation is 2. The summed E-state index contributed by atoms with van der Waals surface area (Å²) >= 11 is 0. The molecule has 1 unspecified atom stereocenters. The molecule has 90 valence electrons. The molecule has 0 saturated carbocycles. The number of nitrogens with two attached hydrogens (primary N) is 1. The molecule has 0 aliphatic carbocycles. The van der Waals surface area contributed by atoms with Crippen LogP contribution < -0.4 is 5.73 Å². The van der Waals surface area contributed by atoms with Crippen molar-refractivity contribution in [2.45, 2.75) is 32.4 Å². The van der Waals surface area contributed by atoms with Crippen molar-refractivity contribution in [2.75, 3.05) is 0 Å². The average molecular weight is 231 g/mol. The second-order valence-corrected chi connectivity index (χ2v) is 4.03. The van der Waals surface area contributed by atoms with E-state index in [1.807, 2.05) is 30.1 Å². The van der Waals surface area contributed by atoms with Crippen LogP contribution >= 0.6 is 0 Å². The topological polar surface area (TPSA) is 69.6 Å². The van der Waals surface area contributed by atoms with E-state index in [1.54, 1.807) is 6.20 Å². The highest BCUT2D eigenvalue weighted by molar-refractivity contribution is 5.08. The van der Waals surface area contributed by atoms with Gasteiger partial charge in [-0.2, -0.15) is 0 Å². The van der Waals surface area contributed by atoms with Gasteiger partial charge in [-0.15, -0.1) is 5.10 Å². The molecule has 17 heavy (non-hydrogen) atoms. The highest BCUT2D eigenvalue weighted by Gasteiger charge is 2.07. The van der Waals surface area contributed by atoms with Crippen molar-refractivity contribution >= 4 is 0 Å². The number of pyridine rings is 1. The predicted molar refractivity (Wildman–Crippen MR) is 65.2 cm³/mol. The van der Waals surface area contributed by atoms with Gasteiger partial charge in [-0.1, -0.05) is 18.2 Å². The van der Waals surface area contributed by atoms with E-state index in [9.17, 15) is 0 Å². The molecule has 0 fully saturated rings. The summed E-state index contributed by atoms with van der Waals surface area (Å²) in [5.74, 6) is 0. The molecule has 0 aliphatic rings. The maximum Gasteiger partial charge on any atom is 0.0993 e. The summed E-state index contributed by atoms with van der Waals surface area (Å²) in [6.07, 6.45) is 7.34. The number of nitrogens with zero attached hydrogens (tertiary/aromatic N) is 4. The van der Waals surface area contributed by atoms with Gasteiger partial charge in [0.15, 0.2) is 0 Å². The fraction of sp³-hybridized carbons (Fsp3) is 0.417. The smallest absolute Gasteiger partial charge is 0.0993 e. The van der Waals surface area contributed by atoms with Crippen LogP contribution in [0.15, 0.2) is 30.7 Å². The molecule has 2 rings (SSSR count). The van der Waals surface area contributed by atoms with Gasteiger partial charge in [0.2, 0.25) is 0 Å². The molecular formula is C12H17N5. The lowest BCUT2D eigenvalue weighted by atomic mass is 10.2. The number of rotatable bonds is 5. The van der Waals surface area contributed by atoms with Crippen LogP contribution in [0.1, 0.15) is 30.6 Å². The summed E-state index contributed by atoms with van der Waals surface area (Å²) in [7, 11) is 0. The standard InChI is InChI=1S/C12H17N5/c1-2-11(13)12-9-17(16-15-12)7-5-10-4-3-6-14-8-10/h3-4,6,8-9,11H,2,5,7,13H2,1H3. The Hall–Kier alpha value is -1.75. The van der Waals surface area contributed by atoms with E-state index in [1.165, 1.54) is 5.56 Å².